The first kappa shape index (κ1) is 15.2. The van der Waals surface area contributed by atoms with Crippen LogP contribution in [0.3, 0.4) is 0 Å². The molecule has 1 aromatic carbocycles. The smallest absolute Gasteiger partial charge is 0.270 e. The Balaban J connectivity index is 1.53. The van der Waals surface area contributed by atoms with Crippen molar-refractivity contribution < 1.29 is 9.32 Å². The van der Waals surface area contributed by atoms with Crippen molar-refractivity contribution in [2.45, 2.75) is 18.8 Å². The maximum absolute atomic E-state index is 12.9. The summed E-state index contributed by atoms with van der Waals surface area (Å²) in [5.41, 5.74) is 1.65. The predicted molar refractivity (Wildman–Crippen MR) is 90.1 cm³/mol. The number of likely N-dealkylation sites (tertiary alicyclic amines) is 1. The zero-order valence-corrected chi connectivity index (χ0v) is 14.0. The molecule has 0 N–H and O–H groups in total. The van der Waals surface area contributed by atoms with Gasteiger partial charge in [-0.05, 0) is 31.0 Å². The summed E-state index contributed by atoms with van der Waals surface area (Å²) in [6.45, 7) is 1.39. The lowest BCUT2D eigenvalue weighted by Gasteiger charge is -2.30. The molecule has 0 atom stereocenters. The number of rotatable bonds is 2. The zero-order valence-electron chi connectivity index (χ0n) is 13.3. The van der Waals surface area contributed by atoms with Crippen molar-refractivity contribution in [2.24, 2.45) is 7.05 Å². The molecule has 124 valence electrons. The maximum atomic E-state index is 12.9. The van der Waals surface area contributed by atoms with Gasteiger partial charge in [0, 0.05) is 42.0 Å². The van der Waals surface area contributed by atoms with Crippen LogP contribution in [0, 0.1) is 0 Å². The highest BCUT2D eigenvalue weighted by Gasteiger charge is 2.28. The third kappa shape index (κ3) is 2.57. The Bertz CT molecular complexity index is 880. The van der Waals surface area contributed by atoms with E-state index in [-0.39, 0.29) is 11.8 Å². The molecule has 1 aliphatic rings. The number of benzene rings is 1. The summed E-state index contributed by atoms with van der Waals surface area (Å²) in [4.78, 5) is 18.9. The van der Waals surface area contributed by atoms with Gasteiger partial charge in [0.15, 0.2) is 5.82 Å². The van der Waals surface area contributed by atoms with Crippen LogP contribution in [-0.2, 0) is 7.05 Å². The Morgan fingerprint density at radius 1 is 1.29 bits per heavy atom. The summed E-state index contributed by atoms with van der Waals surface area (Å²) >= 11 is 6.06. The summed E-state index contributed by atoms with van der Waals surface area (Å²) in [7, 11) is 1.90. The Morgan fingerprint density at radius 3 is 2.79 bits per heavy atom. The second-order valence-corrected chi connectivity index (χ2v) is 6.58. The van der Waals surface area contributed by atoms with Gasteiger partial charge in [0.2, 0.25) is 6.39 Å². The standard InChI is InChI=1S/C17H17ClN4O2/c1-21-14-9-13(18)3-2-12(14)8-15(21)17(23)22-6-4-11(5-7-22)16-19-10-24-20-16/h2-3,8-11H,4-7H2,1H3. The van der Waals surface area contributed by atoms with Crippen LogP contribution in [0.4, 0.5) is 0 Å². The van der Waals surface area contributed by atoms with E-state index in [1.165, 1.54) is 6.39 Å². The van der Waals surface area contributed by atoms with Gasteiger partial charge in [-0.1, -0.05) is 22.8 Å². The predicted octanol–water partition coefficient (Wildman–Crippen LogP) is 3.23. The van der Waals surface area contributed by atoms with Gasteiger partial charge in [0.25, 0.3) is 5.91 Å². The minimum Gasteiger partial charge on any atom is -0.343 e. The molecule has 1 aliphatic heterocycles. The average Bonchev–Trinajstić information content (AvgIpc) is 3.24. The van der Waals surface area contributed by atoms with Gasteiger partial charge < -0.3 is 14.0 Å². The molecule has 6 nitrogen and oxygen atoms in total. The first-order valence-electron chi connectivity index (χ1n) is 7.94. The molecule has 1 amide bonds. The SMILES string of the molecule is Cn1c(C(=O)N2CCC(c3ncon3)CC2)cc2ccc(Cl)cc21. The molecule has 2 aromatic heterocycles. The van der Waals surface area contributed by atoms with E-state index in [2.05, 4.69) is 10.1 Å². The number of fused-ring (bicyclic) bond motifs is 1. The van der Waals surface area contributed by atoms with Crippen LogP contribution in [-0.4, -0.2) is 38.6 Å². The molecule has 0 bridgehead atoms. The van der Waals surface area contributed by atoms with Crippen molar-refractivity contribution in [1.82, 2.24) is 19.6 Å². The number of amides is 1. The van der Waals surface area contributed by atoms with Crippen LogP contribution < -0.4 is 0 Å². The molecule has 7 heteroatoms. The van der Waals surface area contributed by atoms with Gasteiger partial charge in [-0.3, -0.25) is 4.79 Å². The monoisotopic (exact) mass is 344 g/mol. The number of piperidine rings is 1. The van der Waals surface area contributed by atoms with Crippen LogP contribution in [0.25, 0.3) is 10.9 Å². The molecule has 0 radical (unpaired) electrons. The molecule has 0 saturated carbocycles. The molecule has 3 aromatic rings. The second kappa shape index (κ2) is 5.94. The molecule has 3 heterocycles. The van der Waals surface area contributed by atoms with E-state index >= 15 is 0 Å². The van der Waals surface area contributed by atoms with E-state index in [0.717, 1.165) is 29.6 Å². The van der Waals surface area contributed by atoms with Crippen LogP contribution in [0.15, 0.2) is 35.2 Å². The van der Waals surface area contributed by atoms with Crippen LogP contribution in [0.2, 0.25) is 5.02 Å². The quantitative estimate of drug-likeness (QED) is 0.716. The summed E-state index contributed by atoms with van der Waals surface area (Å²) in [5, 5.41) is 5.60. The van der Waals surface area contributed by atoms with Crippen molar-refractivity contribution in [3.8, 4) is 0 Å². The third-order valence-corrected chi connectivity index (χ3v) is 4.99. The first-order chi connectivity index (χ1) is 11.6. The maximum Gasteiger partial charge on any atom is 0.270 e. The highest BCUT2D eigenvalue weighted by atomic mass is 35.5. The van der Waals surface area contributed by atoms with E-state index in [4.69, 9.17) is 16.1 Å². The molecule has 0 unspecified atom stereocenters. The summed E-state index contributed by atoms with van der Waals surface area (Å²) < 4.78 is 6.73. The lowest BCUT2D eigenvalue weighted by atomic mass is 9.96. The van der Waals surface area contributed by atoms with Gasteiger partial charge in [-0.2, -0.15) is 4.98 Å². The molecule has 4 rings (SSSR count). The molecule has 1 saturated heterocycles. The fourth-order valence-electron chi connectivity index (χ4n) is 3.37. The minimum atomic E-state index is 0.0522. The lowest BCUT2D eigenvalue weighted by Crippen LogP contribution is -2.38. The fourth-order valence-corrected chi connectivity index (χ4v) is 3.54. The van der Waals surface area contributed by atoms with Gasteiger partial charge in [-0.15, -0.1) is 0 Å². The number of aryl methyl sites for hydroxylation is 1. The topological polar surface area (TPSA) is 64.2 Å². The molecule has 0 aliphatic carbocycles. The second-order valence-electron chi connectivity index (χ2n) is 6.15. The molecule has 1 fully saturated rings. The average molecular weight is 345 g/mol. The van der Waals surface area contributed by atoms with Crippen LogP contribution in [0.1, 0.15) is 35.1 Å². The van der Waals surface area contributed by atoms with Gasteiger partial charge >= 0.3 is 0 Å². The normalized spacial score (nSPS) is 16.0. The van der Waals surface area contributed by atoms with Crippen molar-refractivity contribution >= 4 is 28.4 Å². The number of halogens is 1. The number of aromatic nitrogens is 3. The number of nitrogens with zero attached hydrogens (tertiary/aromatic N) is 4. The Morgan fingerprint density at radius 2 is 2.08 bits per heavy atom. The third-order valence-electron chi connectivity index (χ3n) is 4.75. The Hall–Kier alpha value is -2.34. The first-order valence-corrected chi connectivity index (χ1v) is 8.32. The number of hydrogen-bond acceptors (Lipinski definition) is 4. The largest absolute Gasteiger partial charge is 0.343 e. The van der Waals surface area contributed by atoms with Crippen molar-refractivity contribution in [2.75, 3.05) is 13.1 Å². The van der Waals surface area contributed by atoms with Gasteiger partial charge in [-0.25, -0.2) is 0 Å². The van der Waals surface area contributed by atoms with E-state index in [1.54, 1.807) is 0 Å². The number of carbonyl (C=O) groups is 1. The van der Waals surface area contributed by atoms with Crippen molar-refractivity contribution in [3.05, 3.63) is 47.2 Å². The highest BCUT2D eigenvalue weighted by Crippen LogP contribution is 2.28. The van der Waals surface area contributed by atoms with E-state index in [0.29, 0.717) is 23.8 Å². The van der Waals surface area contributed by atoms with Crippen LogP contribution in [0.5, 0.6) is 0 Å². The molecular formula is C17H17ClN4O2. The van der Waals surface area contributed by atoms with Crippen LogP contribution >= 0.6 is 11.6 Å². The van der Waals surface area contributed by atoms with Gasteiger partial charge in [0.1, 0.15) is 5.69 Å². The fraction of sp³-hybridized carbons (Fsp3) is 0.353. The summed E-state index contributed by atoms with van der Waals surface area (Å²) in [6.07, 6.45) is 3.05. The summed E-state index contributed by atoms with van der Waals surface area (Å²) in [6, 6.07) is 7.60. The summed E-state index contributed by atoms with van der Waals surface area (Å²) in [5.74, 6) is 1.05. The zero-order chi connectivity index (χ0) is 16.7. The lowest BCUT2D eigenvalue weighted by molar-refractivity contribution is 0.0701. The van der Waals surface area contributed by atoms with Gasteiger partial charge in [0.05, 0.1) is 0 Å². The Labute approximate surface area is 144 Å². The Kier molecular flexibility index (Phi) is 3.76. The van der Waals surface area contributed by atoms with Crippen molar-refractivity contribution in [1.29, 1.82) is 0 Å². The molecule has 24 heavy (non-hydrogen) atoms. The molecule has 0 spiro atoms. The van der Waals surface area contributed by atoms with E-state index < -0.39 is 0 Å². The number of hydrogen-bond donors (Lipinski definition) is 0. The highest BCUT2D eigenvalue weighted by molar-refractivity contribution is 6.31. The minimum absolute atomic E-state index is 0.0522. The van der Waals surface area contributed by atoms with E-state index in [9.17, 15) is 4.79 Å². The molecular weight excluding hydrogens is 328 g/mol. The van der Waals surface area contributed by atoms with Crippen molar-refractivity contribution in [3.63, 3.8) is 0 Å². The van der Waals surface area contributed by atoms with E-state index in [1.807, 2.05) is 40.8 Å². The number of carbonyl (C=O) groups excluding carboxylic acids is 1.